The molecule has 15 heteroatoms. The number of fused-ring (bicyclic) bond motifs is 1. The van der Waals surface area contributed by atoms with E-state index in [0.29, 0.717) is 6.07 Å². The van der Waals surface area contributed by atoms with Crippen LogP contribution >= 0.6 is 11.6 Å². The molecule has 4 heterocycles. The third-order valence-electron chi connectivity index (χ3n) is 7.91. The maximum atomic E-state index is 15.0. The average molecular weight is 635 g/mol. The Balaban J connectivity index is 1.62. The summed E-state index contributed by atoms with van der Waals surface area (Å²) >= 11 is 6.40. The van der Waals surface area contributed by atoms with Crippen LogP contribution in [-0.4, -0.2) is 102 Å². The van der Waals surface area contributed by atoms with Crippen LogP contribution in [0.25, 0.3) is 0 Å². The fraction of sp³-hybridized carbons (Fsp3) is 0.414. The van der Waals surface area contributed by atoms with Crippen LogP contribution in [0.3, 0.4) is 0 Å². The van der Waals surface area contributed by atoms with E-state index in [2.05, 4.69) is 15.3 Å². The molecule has 3 atom stereocenters. The molecule has 1 N–H and O–H groups in total. The third kappa shape index (κ3) is 5.71. The lowest BCUT2D eigenvalue weighted by Crippen LogP contribution is -2.62. The number of nitrogens with one attached hydrogen (secondary N) is 1. The van der Waals surface area contributed by atoms with Crippen LogP contribution in [0.15, 0.2) is 46.7 Å². The van der Waals surface area contributed by atoms with E-state index in [1.54, 1.807) is 14.7 Å². The summed E-state index contributed by atoms with van der Waals surface area (Å²) in [7, 11) is 2.41. The number of hydrogen-bond donors (Lipinski definition) is 1. The average Bonchev–Trinajstić information content (AvgIpc) is 3.32. The Morgan fingerprint density at radius 3 is 2.50 bits per heavy atom. The van der Waals surface area contributed by atoms with Gasteiger partial charge >= 0.3 is 18.0 Å². The van der Waals surface area contributed by atoms with Gasteiger partial charge in [-0.05, 0) is 26.0 Å². The van der Waals surface area contributed by atoms with Crippen molar-refractivity contribution >= 4 is 35.4 Å². The number of rotatable bonds is 7. The first kappa shape index (κ1) is 31.3. The number of urea groups is 1. The van der Waals surface area contributed by atoms with Crippen molar-refractivity contribution in [2.75, 3.05) is 40.4 Å². The van der Waals surface area contributed by atoms with Gasteiger partial charge in [0.15, 0.2) is 11.7 Å². The van der Waals surface area contributed by atoms with Crippen LogP contribution < -0.4 is 5.32 Å². The van der Waals surface area contributed by atoms with Crippen LogP contribution in [0, 0.1) is 17.5 Å². The Hall–Kier alpha value is -4.17. The van der Waals surface area contributed by atoms with E-state index in [4.69, 9.17) is 21.1 Å². The molecule has 3 aliphatic rings. The fourth-order valence-corrected chi connectivity index (χ4v) is 6.07. The van der Waals surface area contributed by atoms with Crippen molar-refractivity contribution in [3.8, 4) is 0 Å². The normalized spacial score (nSPS) is 22.2. The summed E-state index contributed by atoms with van der Waals surface area (Å²) in [6.07, 6.45) is 0.811. The highest BCUT2D eigenvalue weighted by atomic mass is 35.5. The number of halogens is 4. The fourth-order valence-electron chi connectivity index (χ4n) is 5.80. The quantitative estimate of drug-likeness (QED) is 0.462. The van der Waals surface area contributed by atoms with Crippen molar-refractivity contribution in [3.63, 3.8) is 0 Å². The van der Waals surface area contributed by atoms with Crippen molar-refractivity contribution in [3.05, 3.63) is 75.5 Å². The first-order chi connectivity index (χ1) is 20.9. The van der Waals surface area contributed by atoms with Crippen LogP contribution in [0.2, 0.25) is 5.02 Å². The van der Waals surface area contributed by atoms with E-state index < -0.39 is 47.5 Å². The lowest BCUT2D eigenvalue weighted by atomic mass is 9.94. The summed E-state index contributed by atoms with van der Waals surface area (Å²) in [4.78, 5) is 53.1. The van der Waals surface area contributed by atoms with Crippen LogP contribution in [-0.2, 0) is 19.1 Å². The van der Waals surface area contributed by atoms with Crippen molar-refractivity contribution < 1.29 is 37.0 Å². The van der Waals surface area contributed by atoms with Crippen LogP contribution in [0.1, 0.15) is 31.1 Å². The largest absolute Gasteiger partial charge is 0.468 e. The summed E-state index contributed by atoms with van der Waals surface area (Å²) < 4.78 is 53.0. The molecule has 44 heavy (non-hydrogen) atoms. The van der Waals surface area contributed by atoms with E-state index in [0.717, 1.165) is 25.4 Å². The Bertz CT molecular complexity index is 1570. The van der Waals surface area contributed by atoms with Gasteiger partial charge in [0.05, 0.1) is 32.0 Å². The van der Waals surface area contributed by atoms with Gasteiger partial charge in [-0.1, -0.05) is 17.7 Å². The Labute approximate surface area is 256 Å². The molecule has 3 aliphatic heterocycles. The lowest BCUT2D eigenvalue weighted by molar-refractivity contribution is -0.150. The Morgan fingerprint density at radius 2 is 1.86 bits per heavy atom. The highest BCUT2D eigenvalue weighted by molar-refractivity contribution is 6.31. The summed E-state index contributed by atoms with van der Waals surface area (Å²) in [6, 6.07) is 1.15. The van der Waals surface area contributed by atoms with E-state index in [1.807, 2.05) is 13.8 Å². The van der Waals surface area contributed by atoms with E-state index in [9.17, 15) is 27.6 Å². The highest BCUT2D eigenvalue weighted by Crippen LogP contribution is 2.37. The Kier molecular flexibility index (Phi) is 8.84. The molecule has 0 bridgehead atoms. The molecule has 1 aromatic carbocycles. The van der Waals surface area contributed by atoms with Gasteiger partial charge in [0.2, 0.25) is 0 Å². The predicted octanol–water partition coefficient (Wildman–Crippen LogP) is 3.04. The minimum atomic E-state index is -1.23. The van der Waals surface area contributed by atoms with E-state index >= 15 is 0 Å². The molecule has 2 amide bonds. The molecular weight excluding hydrogens is 605 g/mol. The van der Waals surface area contributed by atoms with Gasteiger partial charge in [-0.3, -0.25) is 14.7 Å². The highest BCUT2D eigenvalue weighted by Gasteiger charge is 2.51. The third-order valence-corrected chi connectivity index (χ3v) is 8.24. The molecule has 0 aliphatic carbocycles. The molecule has 0 unspecified atom stereocenters. The summed E-state index contributed by atoms with van der Waals surface area (Å²) in [5, 5.41) is 2.89. The number of carbonyl (C=O) groups is 3. The van der Waals surface area contributed by atoms with E-state index in [-0.39, 0.29) is 71.6 Å². The molecule has 0 radical (unpaired) electrons. The minimum Gasteiger partial charge on any atom is -0.468 e. The Morgan fingerprint density at radius 1 is 1.11 bits per heavy atom. The maximum absolute atomic E-state index is 15.0. The summed E-state index contributed by atoms with van der Waals surface area (Å²) in [6.45, 7) is 4.42. The number of piperazine rings is 1. The van der Waals surface area contributed by atoms with E-state index in [1.165, 1.54) is 13.2 Å². The minimum absolute atomic E-state index is 0.0374. The van der Waals surface area contributed by atoms with Gasteiger partial charge < -0.3 is 24.6 Å². The van der Waals surface area contributed by atoms with Crippen molar-refractivity contribution in [2.45, 2.75) is 38.0 Å². The first-order valence-corrected chi connectivity index (χ1v) is 14.1. The van der Waals surface area contributed by atoms with Gasteiger partial charge in [0.25, 0.3) is 0 Å². The molecular formula is C29H30ClF3N6O5. The SMILES string of the molecule is COC(=O)C1=C(CN2CCN3C(=O)N(C(C)C)C[C@H]3[C@@H]2C(=O)OC)NC(c2ncc(F)cc2F)=N[C@H]1c1ccc(F)cc1Cl. The van der Waals surface area contributed by atoms with Gasteiger partial charge in [-0.25, -0.2) is 27.7 Å². The van der Waals surface area contributed by atoms with Crippen molar-refractivity contribution in [1.82, 2.24) is 25.0 Å². The number of hydrogen-bond acceptors (Lipinski definition) is 9. The molecule has 2 fully saturated rings. The molecule has 234 valence electrons. The lowest BCUT2D eigenvalue weighted by Gasteiger charge is -2.43. The number of esters is 2. The van der Waals surface area contributed by atoms with Gasteiger partial charge in [0, 0.05) is 54.6 Å². The number of amides is 2. The zero-order valence-corrected chi connectivity index (χ0v) is 25.1. The summed E-state index contributed by atoms with van der Waals surface area (Å²) in [5.74, 6) is -4.14. The zero-order chi connectivity index (χ0) is 31.9. The topological polar surface area (TPSA) is 117 Å². The number of pyridine rings is 1. The van der Waals surface area contributed by atoms with Crippen LogP contribution in [0.4, 0.5) is 18.0 Å². The number of ether oxygens (including phenoxy) is 2. The van der Waals surface area contributed by atoms with Crippen molar-refractivity contribution in [1.29, 1.82) is 0 Å². The molecule has 5 rings (SSSR count). The number of carbonyl (C=O) groups excluding carboxylic acids is 3. The second-order valence-electron chi connectivity index (χ2n) is 10.8. The molecule has 2 saturated heterocycles. The monoisotopic (exact) mass is 634 g/mol. The number of nitrogens with zero attached hydrogens (tertiary/aromatic N) is 5. The number of aliphatic imine (C=N–C) groups is 1. The van der Waals surface area contributed by atoms with Gasteiger partial charge in [-0.2, -0.15) is 0 Å². The second kappa shape index (κ2) is 12.4. The van der Waals surface area contributed by atoms with Crippen LogP contribution in [0.5, 0.6) is 0 Å². The number of aromatic nitrogens is 1. The number of methoxy groups -OCH3 is 2. The maximum Gasteiger partial charge on any atom is 0.338 e. The van der Waals surface area contributed by atoms with Gasteiger partial charge in [-0.15, -0.1) is 0 Å². The smallest absolute Gasteiger partial charge is 0.338 e. The molecule has 11 nitrogen and oxygen atoms in total. The predicted molar refractivity (Wildman–Crippen MR) is 152 cm³/mol. The standard InChI is InChI=1S/C29H30ClF3N6O5/c1-14(2)39-13-21-25(28(41)44-4)37(7-8-38(21)29(39)42)12-20-22(27(40)43-3)23(17-6-5-15(31)9-18(17)30)36-26(35-20)24-19(33)10-16(32)11-34-24/h5-6,9-11,14,21,23,25H,7-8,12-13H2,1-4H3,(H,35,36)/t21-,23-,25+/m0/s1. The summed E-state index contributed by atoms with van der Waals surface area (Å²) in [5.41, 5.74) is -0.0232. The van der Waals surface area contributed by atoms with Gasteiger partial charge in [0.1, 0.15) is 29.4 Å². The van der Waals surface area contributed by atoms with Crippen molar-refractivity contribution in [2.24, 2.45) is 4.99 Å². The number of amidine groups is 1. The second-order valence-corrected chi connectivity index (χ2v) is 11.2. The first-order valence-electron chi connectivity index (χ1n) is 13.8. The number of benzene rings is 1. The molecule has 1 aromatic heterocycles. The molecule has 2 aromatic rings. The molecule has 0 spiro atoms. The molecule has 0 saturated carbocycles. The zero-order valence-electron chi connectivity index (χ0n) is 24.3.